The molecule has 0 spiro atoms. The van der Waals surface area contributed by atoms with Gasteiger partial charge in [-0.3, -0.25) is 4.79 Å². The molecule has 84 valence electrons. The van der Waals surface area contributed by atoms with E-state index < -0.39 is 6.10 Å². The van der Waals surface area contributed by atoms with E-state index in [0.717, 1.165) is 26.1 Å². The molecule has 0 aliphatic carbocycles. The molecule has 0 aromatic rings. The minimum absolute atomic E-state index is 0.149. The Morgan fingerprint density at radius 2 is 2.13 bits per heavy atom. The maximum atomic E-state index is 10.6. The van der Waals surface area contributed by atoms with E-state index in [4.69, 9.17) is 14.2 Å². The third-order valence-electron chi connectivity index (χ3n) is 2.00. The first-order valence-electron chi connectivity index (χ1n) is 5.09. The molecule has 0 N–H and O–H groups in total. The summed E-state index contributed by atoms with van der Waals surface area (Å²) in [6, 6.07) is 0. The maximum absolute atomic E-state index is 10.6. The largest absolute Gasteiger partial charge is 0.450 e. The SMILES string of the molecule is CC(=O)OC(C)C#COC1CCOCC1. The van der Waals surface area contributed by atoms with Gasteiger partial charge in [-0.2, -0.15) is 0 Å². The van der Waals surface area contributed by atoms with Crippen molar-refractivity contribution in [1.29, 1.82) is 0 Å². The van der Waals surface area contributed by atoms with Gasteiger partial charge in [0.1, 0.15) is 12.2 Å². The number of ether oxygens (including phenoxy) is 3. The van der Waals surface area contributed by atoms with Crippen LogP contribution in [0.25, 0.3) is 0 Å². The number of rotatable bonds is 2. The predicted molar refractivity (Wildman–Crippen MR) is 53.9 cm³/mol. The highest BCUT2D eigenvalue weighted by Crippen LogP contribution is 2.09. The molecule has 15 heavy (non-hydrogen) atoms. The molecule has 0 aromatic carbocycles. The summed E-state index contributed by atoms with van der Waals surface area (Å²) in [5, 5.41) is 0. The molecular weight excluding hydrogens is 196 g/mol. The quantitative estimate of drug-likeness (QED) is 0.508. The topological polar surface area (TPSA) is 44.8 Å². The van der Waals surface area contributed by atoms with E-state index in [-0.39, 0.29) is 12.1 Å². The fourth-order valence-electron chi connectivity index (χ4n) is 1.27. The first kappa shape index (κ1) is 11.9. The van der Waals surface area contributed by atoms with E-state index in [1.165, 1.54) is 6.92 Å². The molecule has 0 radical (unpaired) electrons. The van der Waals surface area contributed by atoms with Crippen LogP contribution in [0.3, 0.4) is 0 Å². The number of hydrogen-bond acceptors (Lipinski definition) is 4. The standard InChI is InChI=1S/C11H16O4/c1-9(15-10(2)12)3-8-14-11-4-6-13-7-5-11/h9,11H,4-7H2,1-2H3. The highest BCUT2D eigenvalue weighted by Gasteiger charge is 2.13. The lowest BCUT2D eigenvalue weighted by Crippen LogP contribution is -2.21. The zero-order valence-electron chi connectivity index (χ0n) is 9.12. The first-order chi connectivity index (χ1) is 7.18. The van der Waals surface area contributed by atoms with E-state index >= 15 is 0 Å². The van der Waals surface area contributed by atoms with Crippen molar-refractivity contribution in [2.24, 2.45) is 0 Å². The van der Waals surface area contributed by atoms with Gasteiger partial charge in [0.2, 0.25) is 0 Å². The van der Waals surface area contributed by atoms with Gasteiger partial charge in [-0.15, -0.1) is 0 Å². The molecule has 0 aromatic heterocycles. The third-order valence-corrected chi connectivity index (χ3v) is 2.00. The second-order valence-electron chi connectivity index (χ2n) is 3.43. The van der Waals surface area contributed by atoms with Crippen LogP contribution >= 0.6 is 0 Å². The molecule has 1 rings (SSSR count). The lowest BCUT2D eigenvalue weighted by Gasteiger charge is -2.19. The van der Waals surface area contributed by atoms with Crippen LogP contribution in [0.4, 0.5) is 0 Å². The molecule has 1 saturated heterocycles. The molecule has 0 amide bonds. The van der Waals surface area contributed by atoms with Gasteiger partial charge >= 0.3 is 5.97 Å². The molecule has 1 fully saturated rings. The zero-order valence-corrected chi connectivity index (χ0v) is 9.12. The summed E-state index contributed by atoms with van der Waals surface area (Å²) < 4.78 is 15.3. The molecule has 4 nitrogen and oxygen atoms in total. The van der Waals surface area contributed by atoms with Gasteiger partial charge in [0.25, 0.3) is 0 Å². The van der Waals surface area contributed by atoms with Crippen molar-refractivity contribution in [3.05, 3.63) is 0 Å². The molecule has 1 aliphatic rings. The third kappa shape index (κ3) is 5.28. The molecule has 0 bridgehead atoms. The van der Waals surface area contributed by atoms with Gasteiger partial charge in [-0.05, 0) is 12.8 Å². The van der Waals surface area contributed by atoms with Crippen molar-refractivity contribution in [3.8, 4) is 12.0 Å². The second kappa shape index (κ2) is 6.31. The Balaban J connectivity index is 2.22. The van der Waals surface area contributed by atoms with Crippen LogP contribution in [0.5, 0.6) is 0 Å². The van der Waals surface area contributed by atoms with Crippen molar-refractivity contribution < 1.29 is 19.0 Å². The summed E-state index contributed by atoms with van der Waals surface area (Å²) in [7, 11) is 0. The highest BCUT2D eigenvalue weighted by atomic mass is 16.5. The Hall–Kier alpha value is -1.21. The second-order valence-corrected chi connectivity index (χ2v) is 3.43. The van der Waals surface area contributed by atoms with Crippen molar-refractivity contribution in [2.45, 2.75) is 38.9 Å². The van der Waals surface area contributed by atoms with E-state index in [0.29, 0.717) is 0 Å². The van der Waals surface area contributed by atoms with Crippen LogP contribution < -0.4 is 0 Å². The fraction of sp³-hybridized carbons (Fsp3) is 0.727. The fourth-order valence-corrected chi connectivity index (χ4v) is 1.27. The Morgan fingerprint density at radius 3 is 2.73 bits per heavy atom. The predicted octanol–water partition coefficient (Wildman–Crippen LogP) is 1.09. The van der Waals surface area contributed by atoms with E-state index in [1.54, 1.807) is 6.92 Å². The Labute approximate surface area is 89.9 Å². The summed E-state index contributed by atoms with van der Waals surface area (Å²) in [6.45, 7) is 4.52. The zero-order chi connectivity index (χ0) is 11.1. The van der Waals surface area contributed by atoms with Crippen LogP contribution in [0.15, 0.2) is 0 Å². The highest BCUT2D eigenvalue weighted by molar-refractivity contribution is 5.66. The van der Waals surface area contributed by atoms with Crippen molar-refractivity contribution in [1.82, 2.24) is 0 Å². The average Bonchev–Trinajstić information content (AvgIpc) is 2.18. The first-order valence-corrected chi connectivity index (χ1v) is 5.09. The van der Waals surface area contributed by atoms with Gasteiger partial charge in [0.05, 0.1) is 13.2 Å². The van der Waals surface area contributed by atoms with Crippen LogP contribution in [0.2, 0.25) is 0 Å². The van der Waals surface area contributed by atoms with Gasteiger partial charge < -0.3 is 14.2 Å². The Bertz CT molecular complexity index is 257. The summed E-state index contributed by atoms with van der Waals surface area (Å²) in [5.41, 5.74) is 0. The minimum Gasteiger partial charge on any atom is -0.450 e. The van der Waals surface area contributed by atoms with Crippen molar-refractivity contribution in [3.63, 3.8) is 0 Å². The van der Waals surface area contributed by atoms with Gasteiger partial charge in [0, 0.05) is 19.8 Å². The lowest BCUT2D eigenvalue weighted by atomic mass is 10.2. The van der Waals surface area contributed by atoms with Crippen LogP contribution in [0.1, 0.15) is 26.7 Å². The van der Waals surface area contributed by atoms with Crippen LogP contribution in [-0.4, -0.2) is 31.4 Å². The molecule has 1 atom stereocenters. The number of esters is 1. The molecule has 1 heterocycles. The molecular formula is C11H16O4. The Morgan fingerprint density at radius 1 is 1.47 bits per heavy atom. The molecule has 1 aliphatic heterocycles. The van der Waals surface area contributed by atoms with Crippen molar-refractivity contribution >= 4 is 5.97 Å². The monoisotopic (exact) mass is 212 g/mol. The van der Waals surface area contributed by atoms with Crippen molar-refractivity contribution in [2.75, 3.05) is 13.2 Å². The van der Waals surface area contributed by atoms with Gasteiger partial charge in [-0.25, -0.2) is 0 Å². The number of carbonyl (C=O) groups is 1. The molecule has 4 heteroatoms. The summed E-state index contributed by atoms with van der Waals surface area (Å²) in [6.07, 6.45) is 4.06. The molecule has 1 unspecified atom stereocenters. The summed E-state index contributed by atoms with van der Waals surface area (Å²) in [5.74, 6) is 2.37. The molecule has 0 saturated carbocycles. The number of carbonyl (C=O) groups excluding carboxylic acids is 1. The smallest absolute Gasteiger partial charge is 0.303 e. The minimum atomic E-state index is -0.414. The van der Waals surface area contributed by atoms with Crippen LogP contribution in [0, 0.1) is 12.0 Å². The van der Waals surface area contributed by atoms with Gasteiger partial charge in [0.15, 0.2) is 6.10 Å². The van der Waals surface area contributed by atoms with E-state index in [9.17, 15) is 4.79 Å². The summed E-state index contributed by atoms with van der Waals surface area (Å²) >= 11 is 0. The van der Waals surface area contributed by atoms with Crippen LogP contribution in [-0.2, 0) is 19.0 Å². The van der Waals surface area contributed by atoms with E-state index in [1.807, 2.05) is 0 Å². The lowest BCUT2D eigenvalue weighted by molar-refractivity contribution is -0.143. The maximum Gasteiger partial charge on any atom is 0.303 e. The summed E-state index contributed by atoms with van der Waals surface area (Å²) in [4.78, 5) is 10.6. The van der Waals surface area contributed by atoms with E-state index in [2.05, 4.69) is 12.0 Å². The van der Waals surface area contributed by atoms with Gasteiger partial charge in [-0.1, -0.05) is 0 Å². The number of hydrogen-bond donors (Lipinski definition) is 0. The average molecular weight is 212 g/mol. The normalized spacial score (nSPS) is 18.5. The Kier molecular flexibility index (Phi) is 4.99.